The van der Waals surface area contributed by atoms with Gasteiger partial charge in [-0.25, -0.2) is 0 Å². The fraction of sp³-hybridized carbons (Fsp3) is 0.250. The van der Waals surface area contributed by atoms with E-state index >= 15 is 0 Å². The van der Waals surface area contributed by atoms with Crippen LogP contribution in [0.2, 0.25) is 0 Å². The van der Waals surface area contributed by atoms with Crippen LogP contribution in [0.5, 0.6) is 0 Å². The molecule has 0 amide bonds. The van der Waals surface area contributed by atoms with Gasteiger partial charge in [-0.05, 0) is 59.8 Å². The van der Waals surface area contributed by atoms with Crippen LogP contribution < -0.4 is 10.7 Å². The summed E-state index contributed by atoms with van der Waals surface area (Å²) in [5, 5.41) is 9.79. The highest BCUT2D eigenvalue weighted by Crippen LogP contribution is 2.17. The second-order valence-corrected chi connectivity index (χ2v) is 6.42. The molecule has 0 bridgehead atoms. The SMILES string of the molecule is Cc1ccsc1/C=N/NC(=S)Nc1ccc(C(C)C)cc1. The maximum atomic E-state index is 5.22. The van der Waals surface area contributed by atoms with Gasteiger partial charge >= 0.3 is 0 Å². The van der Waals surface area contributed by atoms with Crippen molar-refractivity contribution in [3.8, 4) is 0 Å². The number of aryl methyl sites for hydroxylation is 1. The third-order valence-electron chi connectivity index (χ3n) is 3.08. The molecular formula is C16H19N3S2. The standard InChI is InChI=1S/C16H19N3S2/c1-11(2)13-4-6-14(7-5-13)18-16(20)19-17-10-15-12(3)8-9-21-15/h4-11H,1-3H3,(H2,18,19,20)/b17-10+. The Morgan fingerprint density at radius 2 is 1.95 bits per heavy atom. The minimum atomic E-state index is 0.484. The van der Waals surface area contributed by atoms with Gasteiger partial charge in [-0.3, -0.25) is 5.43 Å². The highest BCUT2D eigenvalue weighted by molar-refractivity contribution is 7.80. The monoisotopic (exact) mass is 317 g/mol. The summed E-state index contributed by atoms with van der Waals surface area (Å²) in [6, 6.07) is 10.3. The number of rotatable bonds is 4. The molecule has 0 aliphatic carbocycles. The van der Waals surface area contributed by atoms with Crippen molar-refractivity contribution >= 4 is 40.6 Å². The lowest BCUT2D eigenvalue weighted by Crippen LogP contribution is -2.23. The lowest BCUT2D eigenvalue weighted by atomic mass is 10.0. The first-order chi connectivity index (χ1) is 10.1. The number of thiocarbonyl (C=S) groups is 1. The molecule has 0 spiro atoms. The highest BCUT2D eigenvalue weighted by Gasteiger charge is 2.00. The molecule has 0 fully saturated rings. The van der Waals surface area contributed by atoms with E-state index in [0.717, 1.165) is 10.6 Å². The van der Waals surface area contributed by atoms with Crippen molar-refractivity contribution in [1.29, 1.82) is 0 Å². The Bertz CT molecular complexity index is 627. The molecule has 0 saturated carbocycles. The zero-order chi connectivity index (χ0) is 15.2. The number of hydrazone groups is 1. The van der Waals surface area contributed by atoms with Crippen LogP contribution in [0.4, 0.5) is 5.69 Å². The van der Waals surface area contributed by atoms with Crippen molar-refractivity contribution < 1.29 is 0 Å². The Balaban J connectivity index is 1.87. The molecule has 0 aliphatic rings. The Morgan fingerprint density at radius 1 is 1.24 bits per heavy atom. The van der Waals surface area contributed by atoms with Crippen molar-refractivity contribution in [3.05, 3.63) is 51.7 Å². The van der Waals surface area contributed by atoms with E-state index in [1.807, 2.05) is 17.5 Å². The molecule has 0 aliphatic heterocycles. The van der Waals surface area contributed by atoms with E-state index in [0.29, 0.717) is 11.0 Å². The molecule has 2 aromatic rings. The summed E-state index contributed by atoms with van der Waals surface area (Å²) >= 11 is 6.87. The van der Waals surface area contributed by atoms with Gasteiger partial charge in [0.05, 0.1) is 6.21 Å². The summed E-state index contributed by atoms with van der Waals surface area (Å²) in [6.45, 7) is 6.41. The quantitative estimate of drug-likeness (QED) is 0.495. The van der Waals surface area contributed by atoms with Gasteiger partial charge in [0.15, 0.2) is 5.11 Å². The van der Waals surface area contributed by atoms with Crippen LogP contribution in [-0.2, 0) is 0 Å². The Hall–Kier alpha value is -1.72. The number of hydrogen-bond acceptors (Lipinski definition) is 3. The van der Waals surface area contributed by atoms with Gasteiger partial charge in [-0.2, -0.15) is 5.10 Å². The first-order valence-corrected chi connectivity index (χ1v) is 8.09. The summed E-state index contributed by atoms with van der Waals surface area (Å²) in [6.07, 6.45) is 1.79. The van der Waals surface area contributed by atoms with Crippen LogP contribution in [0.25, 0.3) is 0 Å². The summed E-state index contributed by atoms with van der Waals surface area (Å²) in [5.74, 6) is 0.530. The van der Waals surface area contributed by atoms with E-state index in [-0.39, 0.29) is 0 Å². The van der Waals surface area contributed by atoms with E-state index in [1.165, 1.54) is 11.1 Å². The first kappa shape index (κ1) is 15.7. The van der Waals surface area contributed by atoms with Crippen LogP contribution in [-0.4, -0.2) is 11.3 Å². The van der Waals surface area contributed by atoms with Crippen LogP contribution >= 0.6 is 23.6 Å². The molecule has 21 heavy (non-hydrogen) atoms. The molecule has 2 N–H and O–H groups in total. The summed E-state index contributed by atoms with van der Waals surface area (Å²) < 4.78 is 0. The third kappa shape index (κ3) is 4.65. The second-order valence-electron chi connectivity index (χ2n) is 5.07. The van der Waals surface area contributed by atoms with Crippen molar-refractivity contribution in [2.45, 2.75) is 26.7 Å². The number of nitrogens with zero attached hydrogens (tertiary/aromatic N) is 1. The van der Waals surface area contributed by atoms with Gasteiger partial charge in [0.1, 0.15) is 0 Å². The van der Waals surface area contributed by atoms with Gasteiger partial charge in [0.2, 0.25) is 0 Å². The topological polar surface area (TPSA) is 36.4 Å². The number of hydrogen-bond donors (Lipinski definition) is 2. The van der Waals surface area contributed by atoms with Crippen molar-refractivity contribution in [2.75, 3.05) is 5.32 Å². The first-order valence-electron chi connectivity index (χ1n) is 6.80. The van der Waals surface area contributed by atoms with Gasteiger partial charge < -0.3 is 5.32 Å². The zero-order valence-electron chi connectivity index (χ0n) is 12.4. The molecule has 5 heteroatoms. The maximum absolute atomic E-state index is 5.22. The van der Waals surface area contributed by atoms with Crippen LogP contribution in [0.3, 0.4) is 0 Å². The third-order valence-corrected chi connectivity index (χ3v) is 4.23. The highest BCUT2D eigenvalue weighted by atomic mass is 32.1. The fourth-order valence-electron chi connectivity index (χ4n) is 1.78. The van der Waals surface area contributed by atoms with Crippen molar-refractivity contribution in [1.82, 2.24) is 5.43 Å². The zero-order valence-corrected chi connectivity index (χ0v) is 14.0. The minimum absolute atomic E-state index is 0.484. The smallest absolute Gasteiger partial charge is 0.191 e. The summed E-state index contributed by atoms with van der Waals surface area (Å²) in [4.78, 5) is 1.13. The lowest BCUT2D eigenvalue weighted by molar-refractivity contribution is 0.867. The van der Waals surface area contributed by atoms with E-state index in [4.69, 9.17) is 12.2 Å². The van der Waals surface area contributed by atoms with E-state index in [9.17, 15) is 0 Å². The Labute approximate surface area is 135 Å². The van der Waals surface area contributed by atoms with Crippen molar-refractivity contribution in [3.63, 3.8) is 0 Å². The lowest BCUT2D eigenvalue weighted by Gasteiger charge is -2.09. The molecule has 0 radical (unpaired) electrons. The van der Waals surface area contributed by atoms with E-state index in [2.05, 4.69) is 54.8 Å². The van der Waals surface area contributed by atoms with Gasteiger partial charge in [-0.1, -0.05) is 26.0 Å². The van der Waals surface area contributed by atoms with Crippen LogP contribution in [0.15, 0.2) is 40.8 Å². The van der Waals surface area contributed by atoms with Crippen LogP contribution in [0.1, 0.15) is 35.8 Å². The fourth-order valence-corrected chi connectivity index (χ4v) is 2.73. The number of nitrogens with one attached hydrogen (secondary N) is 2. The van der Waals surface area contributed by atoms with Crippen molar-refractivity contribution in [2.24, 2.45) is 5.10 Å². The van der Waals surface area contributed by atoms with Crippen LogP contribution in [0, 0.1) is 6.92 Å². The second kappa shape index (κ2) is 7.33. The average molecular weight is 317 g/mol. The molecule has 1 heterocycles. The largest absolute Gasteiger partial charge is 0.331 e. The predicted molar refractivity (Wildman–Crippen MR) is 96.5 cm³/mol. The van der Waals surface area contributed by atoms with Gasteiger partial charge in [0, 0.05) is 10.6 Å². The molecule has 0 atom stereocenters. The molecule has 1 aromatic carbocycles. The molecule has 0 saturated heterocycles. The van der Waals surface area contributed by atoms with Gasteiger partial charge in [0.25, 0.3) is 0 Å². The number of benzene rings is 1. The Kier molecular flexibility index (Phi) is 5.47. The average Bonchev–Trinajstić information content (AvgIpc) is 2.85. The number of thiophene rings is 1. The summed E-state index contributed by atoms with van der Waals surface area (Å²) in [7, 11) is 0. The normalized spacial score (nSPS) is 11.0. The Morgan fingerprint density at radius 3 is 2.52 bits per heavy atom. The molecule has 110 valence electrons. The van der Waals surface area contributed by atoms with E-state index in [1.54, 1.807) is 17.6 Å². The number of anilines is 1. The predicted octanol–water partition coefficient (Wildman–Crippen LogP) is 4.50. The molecule has 2 rings (SSSR count). The molecule has 0 unspecified atom stereocenters. The molecule has 3 nitrogen and oxygen atoms in total. The maximum Gasteiger partial charge on any atom is 0.191 e. The summed E-state index contributed by atoms with van der Waals surface area (Å²) in [5.41, 5.74) is 6.32. The van der Waals surface area contributed by atoms with Gasteiger partial charge in [-0.15, -0.1) is 11.3 Å². The minimum Gasteiger partial charge on any atom is -0.331 e. The molecular weight excluding hydrogens is 298 g/mol. The van der Waals surface area contributed by atoms with E-state index < -0.39 is 0 Å². The molecule has 1 aromatic heterocycles.